The molecule has 3 rings (SSSR count). The lowest BCUT2D eigenvalue weighted by Crippen LogP contribution is -2.34. The van der Waals surface area contributed by atoms with Gasteiger partial charge in [-0.15, -0.1) is 0 Å². The first-order chi connectivity index (χ1) is 11.7. The van der Waals surface area contributed by atoms with E-state index in [2.05, 4.69) is 57.8 Å². The van der Waals surface area contributed by atoms with Crippen molar-refractivity contribution in [3.05, 3.63) is 53.7 Å². The number of aromatic amines is 1. The van der Waals surface area contributed by atoms with E-state index in [1.807, 2.05) is 6.92 Å². The molecule has 2 aromatic rings. The topological polar surface area (TPSA) is 48.1 Å². The molecule has 0 atom stereocenters. The largest absolute Gasteiger partial charge is 0.348 e. The van der Waals surface area contributed by atoms with Gasteiger partial charge in [-0.1, -0.05) is 37.3 Å². The molecule has 1 saturated heterocycles. The zero-order valence-electron chi connectivity index (χ0n) is 14.4. The van der Waals surface area contributed by atoms with Crippen LogP contribution in [0.25, 0.3) is 0 Å². The highest BCUT2D eigenvalue weighted by Gasteiger charge is 2.21. The fraction of sp³-hybridized carbons (Fsp3) is 0.450. The van der Waals surface area contributed by atoms with E-state index in [1.165, 1.54) is 24.0 Å². The Bertz CT molecular complexity index is 642. The van der Waals surface area contributed by atoms with Crippen molar-refractivity contribution in [2.45, 2.75) is 38.5 Å². The summed E-state index contributed by atoms with van der Waals surface area (Å²) in [5.41, 5.74) is 2.74. The summed E-state index contributed by atoms with van der Waals surface area (Å²) in [6.45, 7) is 5.31. The number of hydrogen-bond acceptors (Lipinski definition) is 2. The first-order valence-corrected chi connectivity index (χ1v) is 8.99. The summed E-state index contributed by atoms with van der Waals surface area (Å²) in [6.07, 6.45) is 6.06. The van der Waals surface area contributed by atoms with E-state index >= 15 is 0 Å². The zero-order chi connectivity index (χ0) is 16.8. The van der Waals surface area contributed by atoms with Gasteiger partial charge in [0.1, 0.15) is 5.82 Å². The van der Waals surface area contributed by atoms with E-state index in [4.69, 9.17) is 0 Å². The lowest BCUT2D eigenvalue weighted by atomic mass is 9.91. The minimum Gasteiger partial charge on any atom is -0.348 e. The Labute approximate surface area is 144 Å². The minimum absolute atomic E-state index is 0.0548. The normalized spacial score (nSPS) is 16.2. The molecule has 1 aromatic heterocycles. The number of aromatic nitrogens is 1. The van der Waals surface area contributed by atoms with Crippen LogP contribution in [0, 0.1) is 0 Å². The number of carbonyl (C=O) groups is 1. The third-order valence-corrected chi connectivity index (χ3v) is 4.92. The minimum atomic E-state index is 0.0548. The van der Waals surface area contributed by atoms with Gasteiger partial charge in [-0.05, 0) is 55.5 Å². The summed E-state index contributed by atoms with van der Waals surface area (Å²) in [7, 11) is 0. The molecule has 1 aliphatic rings. The van der Waals surface area contributed by atoms with Gasteiger partial charge in [0.25, 0.3) is 0 Å². The molecule has 0 saturated carbocycles. The van der Waals surface area contributed by atoms with Crippen molar-refractivity contribution in [3.8, 4) is 0 Å². The van der Waals surface area contributed by atoms with E-state index in [-0.39, 0.29) is 5.91 Å². The van der Waals surface area contributed by atoms with Gasteiger partial charge in [0, 0.05) is 19.2 Å². The number of piperidine rings is 1. The summed E-state index contributed by atoms with van der Waals surface area (Å²) in [5, 5.41) is 2.89. The van der Waals surface area contributed by atoms with E-state index in [0.29, 0.717) is 12.3 Å². The SMILES string of the molecule is CCC(=O)Nc1cc(C2CCN(CCc3ccccc3)CC2)c[nH]1. The molecule has 1 aromatic carbocycles. The van der Waals surface area contributed by atoms with Crippen LogP contribution in [0.4, 0.5) is 5.82 Å². The van der Waals surface area contributed by atoms with E-state index in [9.17, 15) is 4.79 Å². The monoisotopic (exact) mass is 325 g/mol. The standard InChI is InChI=1S/C20H27N3O/c1-2-20(24)22-19-14-18(15-21-19)17-9-12-23(13-10-17)11-8-16-6-4-3-5-7-16/h3-7,14-15,17,21H,2,8-13H2,1H3,(H,22,24). The lowest BCUT2D eigenvalue weighted by molar-refractivity contribution is -0.115. The van der Waals surface area contributed by atoms with Crippen molar-refractivity contribution in [2.24, 2.45) is 0 Å². The highest BCUT2D eigenvalue weighted by atomic mass is 16.1. The van der Waals surface area contributed by atoms with Crippen LogP contribution in [0.15, 0.2) is 42.6 Å². The second-order valence-corrected chi connectivity index (χ2v) is 6.60. The highest BCUT2D eigenvalue weighted by molar-refractivity contribution is 5.89. The Morgan fingerprint density at radius 2 is 2.00 bits per heavy atom. The van der Waals surface area contributed by atoms with Crippen molar-refractivity contribution in [1.82, 2.24) is 9.88 Å². The van der Waals surface area contributed by atoms with E-state index < -0.39 is 0 Å². The predicted molar refractivity (Wildman–Crippen MR) is 98.3 cm³/mol. The van der Waals surface area contributed by atoms with Crippen molar-refractivity contribution >= 4 is 11.7 Å². The molecule has 0 aliphatic carbocycles. The molecule has 1 aliphatic heterocycles. The number of hydrogen-bond donors (Lipinski definition) is 2. The van der Waals surface area contributed by atoms with Crippen LogP contribution in [-0.4, -0.2) is 35.4 Å². The van der Waals surface area contributed by atoms with Gasteiger partial charge >= 0.3 is 0 Å². The summed E-state index contributed by atoms with van der Waals surface area (Å²) in [4.78, 5) is 17.2. The van der Waals surface area contributed by atoms with Gasteiger partial charge in [0.05, 0.1) is 0 Å². The zero-order valence-corrected chi connectivity index (χ0v) is 14.4. The lowest BCUT2D eigenvalue weighted by Gasteiger charge is -2.31. The van der Waals surface area contributed by atoms with Gasteiger partial charge in [0.2, 0.25) is 5.91 Å². The maximum atomic E-state index is 11.5. The molecule has 2 N–H and O–H groups in total. The fourth-order valence-electron chi connectivity index (χ4n) is 3.38. The highest BCUT2D eigenvalue weighted by Crippen LogP contribution is 2.29. The number of likely N-dealkylation sites (tertiary alicyclic amines) is 1. The smallest absolute Gasteiger partial charge is 0.225 e. The molecule has 24 heavy (non-hydrogen) atoms. The van der Waals surface area contributed by atoms with E-state index in [1.54, 1.807) is 0 Å². The van der Waals surface area contributed by atoms with Gasteiger partial charge in [-0.25, -0.2) is 0 Å². The third-order valence-electron chi connectivity index (χ3n) is 4.92. The summed E-state index contributed by atoms with van der Waals surface area (Å²) in [6, 6.07) is 12.8. The first kappa shape index (κ1) is 16.8. The predicted octanol–water partition coefficient (Wildman–Crippen LogP) is 3.79. The van der Waals surface area contributed by atoms with Crippen LogP contribution in [0.1, 0.15) is 43.2 Å². The van der Waals surface area contributed by atoms with Crippen molar-refractivity contribution in [1.29, 1.82) is 0 Å². The third kappa shape index (κ3) is 4.48. The Morgan fingerprint density at radius 3 is 2.71 bits per heavy atom. The number of nitrogens with one attached hydrogen (secondary N) is 2. The summed E-state index contributed by atoms with van der Waals surface area (Å²) >= 11 is 0. The number of benzene rings is 1. The maximum absolute atomic E-state index is 11.5. The van der Waals surface area contributed by atoms with Crippen molar-refractivity contribution in [2.75, 3.05) is 25.0 Å². The summed E-state index contributed by atoms with van der Waals surface area (Å²) in [5.74, 6) is 1.48. The second-order valence-electron chi connectivity index (χ2n) is 6.60. The van der Waals surface area contributed by atoms with Crippen LogP contribution < -0.4 is 5.32 Å². The first-order valence-electron chi connectivity index (χ1n) is 8.99. The van der Waals surface area contributed by atoms with Gasteiger partial charge in [-0.3, -0.25) is 4.79 Å². The molecule has 0 unspecified atom stereocenters. The van der Waals surface area contributed by atoms with Crippen LogP contribution >= 0.6 is 0 Å². The molecule has 0 bridgehead atoms. The molecule has 1 amide bonds. The van der Waals surface area contributed by atoms with Crippen LogP contribution in [0.3, 0.4) is 0 Å². The van der Waals surface area contributed by atoms with Crippen molar-refractivity contribution in [3.63, 3.8) is 0 Å². The molecule has 2 heterocycles. The molecule has 4 nitrogen and oxygen atoms in total. The molecular weight excluding hydrogens is 298 g/mol. The number of carbonyl (C=O) groups excluding carboxylic acids is 1. The fourth-order valence-corrected chi connectivity index (χ4v) is 3.38. The average Bonchev–Trinajstić information content (AvgIpc) is 3.09. The molecule has 0 spiro atoms. The van der Waals surface area contributed by atoms with Crippen LogP contribution in [0.5, 0.6) is 0 Å². The molecular formula is C20H27N3O. The maximum Gasteiger partial charge on any atom is 0.225 e. The van der Waals surface area contributed by atoms with Gasteiger partial charge in [0.15, 0.2) is 0 Å². The quantitative estimate of drug-likeness (QED) is 0.849. The summed E-state index contributed by atoms with van der Waals surface area (Å²) < 4.78 is 0. The Balaban J connectivity index is 1.46. The number of rotatable bonds is 6. The Hall–Kier alpha value is -2.07. The van der Waals surface area contributed by atoms with Gasteiger partial charge < -0.3 is 15.2 Å². The number of nitrogens with zero attached hydrogens (tertiary/aromatic N) is 1. The number of anilines is 1. The molecule has 4 heteroatoms. The average molecular weight is 325 g/mol. The molecule has 1 fully saturated rings. The number of H-pyrrole nitrogens is 1. The van der Waals surface area contributed by atoms with Crippen LogP contribution in [-0.2, 0) is 11.2 Å². The molecule has 0 radical (unpaired) electrons. The van der Waals surface area contributed by atoms with Gasteiger partial charge in [-0.2, -0.15) is 0 Å². The van der Waals surface area contributed by atoms with Crippen molar-refractivity contribution < 1.29 is 4.79 Å². The Morgan fingerprint density at radius 1 is 1.25 bits per heavy atom. The van der Waals surface area contributed by atoms with Crippen LogP contribution in [0.2, 0.25) is 0 Å². The molecule has 128 valence electrons. The second kappa shape index (κ2) is 8.15. The van der Waals surface area contributed by atoms with E-state index in [0.717, 1.165) is 31.9 Å². The number of amides is 1. The Kier molecular flexibility index (Phi) is 5.70.